The Morgan fingerprint density at radius 2 is 2.28 bits per heavy atom. The number of amidine groups is 1. The van der Waals surface area contributed by atoms with E-state index in [9.17, 15) is 0 Å². The molecule has 92 valence electrons. The summed E-state index contributed by atoms with van der Waals surface area (Å²) in [6.07, 6.45) is 6.83. The third-order valence-electron chi connectivity index (χ3n) is 3.25. The molecule has 2 heterocycles. The molecule has 3 N–H and O–H groups in total. The molecule has 0 aliphatic heterocycles. The number of nitrogen functional groups attached to an aromatic ring is 1. The summed E-state index contributed by atoms with van der Waals surface area (Å²) in [5.41, 5.74) is 9.71. The normalized spacial score (nSPS) is 13.6. The van der Waals surface area contributed by atoms with Gasteiger partial charge in [0.15, 0.2) is 5.82 Å². The summed E-state index contributed by atoms with van der Waals surface area (Å²) in [4.78, 5) is 4.64. The highest BCUT2D eigenvalue weighted by Gasteiger charge is 2.18. The van der Waals surface area contributed by atoms with Gasteiger partial charge in [-0.25, -0.2) is 9.67 Å². The monoisotopic (exact) mass is 241 g/mol. The Balaban J connectivity index is 2.21. The van der Waals surface area contributed by atoms with Crippen LogP contribution in [0.25, 0.3) is 5.82 Å². The van der Waals surface area contributed by atoms with Crippen LogP contribution in [0, 0.1) is 12.3 Å². The second kappa shape index (κ2) is 3.94. The van der Waals surface area contributed by atoms with Crippen molar-refractivity contribution in [1.82, 2.24) is 14.8 Å². The molecule has 1 aliphatic rings. The molecule has 0 unspecified atom stereocenters. The maximum Gasteiger partial charge on any atom is 0.164 e. The molecule has 18 heavy (non-hydrogen) atoms. The Bertz CT molecular complexity index is 626. The molecule has 0 atom stereocenters. The van der Waals surface area contributed by atoms with Crippen molar-refractivity contribution < 1.29 is 0 Å². The van der Waals surface area contributed by atoms with Gasteiger partial charge in [-0.2, -0.15) is 5.10 Å². The van der Waals surface area contributed by atoms with Crippen molar-refractivity contribution in [2.75, 3.05) is 0 Å². The number of pyridine rings is 1. The predicted octanol–water partition coefficient (Wildman–Crippen LogP) is 1.35. The van der Waals surface area contributed by atoms with Crippen LogP contribution in [0.1, 0.15) is 28.8 Å². The van der Waals surface area contributed by atoms with E-state index in [1.165, 1.54) is 5.56 Å². The Morgan fingerprint density at radius 1 is 1.44 bits per heavy atom. The van der Waals surface area contributed by atoms with Crippen molar-refractivity contribution in [1.29, 1.82) is 5.41 Å². The van der Waals surface area contributed by atoms with Gasteiger partial charge in [0.05, 0.1) is 11.8 Å². The van der Waals surface area contributed by atoms with Crippen molar-refractivity contribution in [3.8, 4) is 5.82 Å². The molecule has 0 fully saturated rings. The molecule has 5 heteroatoms. The molecule has 2 aromatic rings. The third-order valence-corrected chi connectivity index (χ3v) is 3.25. The van der Waals surface area contributed by atoms with E-state index in [1.807, 2.05) is 19.2 Å². The van der Waals surface area contributed by atoms with E-state index >= 15 is 0 Å². The second-order valence-corrected chi connectivity index (χ2v) is 4.69. The van der Waals surface area contributed by atoms with E-state index in [0.29, 0.717) is 11.4 Å². The largest absolute Gasteiger partial charge is 0.384 e. The first-order chi connectivity index (χ1) is 8.65. The Kier molecular flexibility index (Phi) is 2.40. The molecule has 1 aliphatic carbocycles. The second-order valence-electron chi connectivity index (χ2n) is 4.69. The van der Waals surface area contributed by atoms with Crippen LogP contribution in [0.5, 0.6) is 0 Å². The van der Waals surface area contributed by atoms with Crippen molar-refractivity contribution in [2.45, 2.75) is 26.2 Å². The molecule has 5 nitrogen and oxygen atoms in total. The maximum absolute atomic E-state index is 7.69. The highest BCUT2D eigenvalue weighted by molar-refractivity contribution is 5.98. The SMILES string of the molecule is Cc1cnn(-c2nc3c(cc2C(=N)N)CCC3)c1. The van der Waals surface area contributed by atoms with E-state index in [1.54, 1.807) is 10.9 Å². The molecule has 0 aromatic carbocycles. The van der Waals surface area contributed by atoms with Gasteiger partial charge in [0.2, 0.25) is 0 Å². The zero-order valence-corrected chi connectivity index (χ0v) is 10.3. The average molecular weight is 241 g/mol. The standard InChI is InChI=1S/C13H15N5/c1-8-6-16-18(7-8)13-10(12(14)15)5-9-3-2-4-11(9)17-13/h5-7H,2-4H2,1H3,(H3,14,15). The van der Waals surface area contributed by atoms with Gasteiger partial charge in [-0.15, -0.1) is 0 Å². The molecule has 0 radical (unpaired) electrons. The van der Waals surface area contributed by atoms with Gasteiger partial charge in [-0.1, -0.05) is 0 Å². The van der Waals surface area contributed by atoms with Crippen LogP contribution in [-0.4, -0.2) is 20.6 Å². The van der Waals surface area contributed by atoms with Crippen molar-refractivity contribution in [3.05, 3.63) is 40.8 Å². The van der Waals surface area contributed by atoms with Gasteiger partial charge >= 0.3 is 0 Å². The summed E-state index contributed by atoms with van der Waals surface area (Å²) in [7, 11) is 0. The van der Waals surface area contributed by atoms with E-state index in [0.717, 1.165) is 30.5 Å². The number of aromatic nitrogens is 3. The summed E-state index contributed by atoms with van der Waals surface area (Å²) in [6.45, 7) is 1.98. The lowest BCUT2D eigenvalue weighted by Gasteiger charge is -2.10. The van der Waals surface area contributed by atoms with E-state index < -0.39 is 0 Å². The summed E-state index contributed by atoms with van der Waals surface area (Å²) in [6, 6.07) is 1.99. The first-order valence-electron chi connectivity index (χ1n) is 6.04. The van der Waals surface area contributed by atoms with Crippen molar-refractivity contribution in [2.24, 2.45) is 5.73 Å². The van der Waals surface area contributed by atoms with Gasteiger partial charge in [0, 0.05) is 11.9 Å². The summed E-state index contributed by atoms with van der Waals surface area (Å²) in [5.74, 6) is 0.705. The number of nitrogens with two attached hydrogens (primary N) is 1. The van der Waals surface area contributed by atoms with Crippen LogP contribution in [0.4, 0.5) is 0 Å². The van der Waals surface area contributed by atoms with Crippen LogP contribution in [0.3, 0.4) is 0 Å². The van der Waals surface area contributed by atoms with Gasteiger partial charge in [-0.05, 0) is 43.4 Å². The lowest BCUT2D eigenvalue weighted by molar-refractivity contribution is 0.828. The minimum atomic E-state index is 0.0420. The van der Waals surface area contributed by atoms with Crippen LogP contribution >= 0.6 is 0 Å². The first kappa shape index (κ1) is 11.0. The molecule has 3 rings (SSSR count). The molecule has 0 saturated carbocycles. The fourth-order valence-electron chi connectivity index (χ4n) is 2.36. The number of nitrogens with one attached hydrogen (secondary N) is 1. The third kappa shape index (κ3) is 1.68. The number of fused-ring (bicyclic) bond motifs is 1. The molecule has 0 spiro atoms. The molecule has 2 aromatic heterocycles. The maximum atomic E-state index is 7.69. The molecule has 0 amide bonds. The number of nitrogens with zero attached hydrogens (tertiary/aromatic N) is 3. The quantitative estimate of drug-likeness (QED) is 0.615. The van der Waals surface area contributed by atoms with E-state index in [-0.39, 0.29) is 5.84 Å². The highest BCUT2D eigenvalue weighted by atomic mass is 15.3. The van der Waals surface area contributed by atoms with Crippen molar-refractivity contribution in [3.63, 3.8) is 0 Å². The summed E-state index contributed by atoms with van der Waals surface area (Å²) < 4.78 is 1.70. The van der Waals surface area contributed by atoms with Crippen LogP contribution in [0.15, 0.2) is 18.5 Å². The minimum Gasteiger partial charge on any atom is -0.384 e. The molecule has 0 saturated heterocycles. The lowest BCUT2D eigenvalue weighted by Crippen LogP contribution is -2.17. The summed E-state index contributed by atoms with van der Waals surface area (Å²) >= 11 is 0. The van der Waals surface area contributed by atoms with Crippen molar-refractivity contribution >= 4 is 5.84 Å². The zero-order chi connectivity index (χ0) is 12.7. The fourth-order valence-corrected chi connectivity index (χ4v) is 2.36. The average Bonchev–Trinajstić information content (AvgIpc) is 2.94. The number of hydrogen-bond acceptors (Lipinski definition) is 3. The molecule has 0 bridgehead atoms. The Morgan fingerprint density at radius 3 is 2.94 bits per heavy atom. The van der Waals surface area contributed by atoms with Gasteiger partial charge in [-0.3, -0.25) is 5.41 Å². The predicted molar refractivity (Wildman–Crippen MR) is 69.1 cm³/mol. The van der Waals surface area contributed by atoms with Crippen LogP contribution < -0.4 is 5.73 Å². The van der Waals surface area contributed by atoms with Crippen LogP contribution in [-0.2, 0) is 12.8 Å². The highest BCUT2D eigenvalue weighted by Crippen LogP contribution is 2.24. The minimum absolute atomic E-state index is 0.0420. The van der Waals surface area contributed by atoms with Crippen LogP contribution in [0.2, 0.25) is 0 Å². The van der Waals surface area contributed by atoms with Gasteiger partial charge in [0.25, 0.3) is 0 Å². The van der Waals surface area contributed by atoms with E-state index in [4.69, 9.17) is 11.1 Å². The fraction of sp³-hybridized carbons (Fsp3) is 0.308. The first-order valence-corrected chi connectivity index (χ1v) is 6.04. The molecular weight excluding hydrogens is 226 g/mol. The lowest BCUT2D eigenvalue weighted by atomic mass is 10.1. The van der Waals surface area contributed by atoms with Gasteiger partial charge in [0.1, 0.15) is 5.84 Å². The molecular formula is C13H15N5. The van der Waals surface area contributed by atoms with Gasteiger partial charge < -0.3 is 5.73 Å². The Hall–Kier alpha value is -2.17. The summed E-state index contributed by atoms with van der Waals surface area (Å²) in [5, 5.41) is 11.9. The smallest absolute Gasteiger partial charge is 0.164 e. The number of aryl methyl sites for hydroxylation is 3. The number of rotatable bonds is 2. The Labute approximate surface area is 105 Å². The zero-order valence-electron chi connectivity index (χ0n) is 10.3. The number of hydrogen-bond donors (Lipinski definition) is 2. The van der Waals surface area contributed by atoms with E-state index in [2.05, 4.69) is 10.1 Å². The topological polar surface area (TPSA) is 80.6 Å².